The minimum atomic E-state index is 0.0956. The van der Waals surface area contributed by atoms with Gasteiger partial charge in [0, 0.05) is 5.56 Å². The lowest BCUT2D eigenvalue weighted by Crippen LogP contribution is -2.10. The molecular weight excluding hydrogens is 416 g/mol. The molecule has 6 heteroatoms. The molecule has 0 saturated carbocycles. The first-order valence-electron chi connectivity index (χ1n) is 10.5. The molecule has 0 amide bonds. The van der Waals surface area contributed by atoms with Crippen molar-refractivity contribution in [2.75, 3.05) is 0 Å². The SMILES string of the molecule is CC(C)(C)c1ccc(-c2n[nH]c(=S)n2/N=C/c2ccc(OCc3ccccc3)cc2)cc1. The third-order valence-electron chi connectivity index (χ3n) is 5.11. The monoisotopic (exact) mass is 442 g/mol. The van der Waals surface area contributed by atoms with Gasteiger partial charge < -0.3 is 4.74 Å². The van der Waals surface area contributed by atoms with Crippen molar-refractivity contribution >= 4 is 18.4 Å². The summed E-state index contributed by atoms with van der Waals surface area (Å²) >= 11 is 5.39. The Labute approximate surface area is 193 Å². The second-order valence-electron chi connectivity index (χ2n) is 8.58. The summed E-state index contributed by atoms with van der Waals surface area (Å²) < 4.78 is 7.93. The average Bonchev–Trinajstić information content (AvgIpc) is 3.17. The number of benzene rings is 3. The summed E-state index contributed by atoms with van der Waals surface area (Å²) in [5.41, 5.74) is 4.38. The fourth-order valence-corrected chi connectivity index (χ4v) is 3.40. The van der Waals surface area contributed by atoms with Gasteiger partial charge in [0.05, 0.1) is 6.21 Å². The van der Waals surface area contributed by atoms with E-state index in [4.69, 9.17) is 17.0 Å². The molecule has 0 spiro atoms. The number of hydrogen-bond donors (Lipinski definition) is 1. The first-order valence-corrected chi connectivity index (χ1v) is 10.9. The van der Waals surface area contributed by atoms with E-state index in [2.05, 4.69) is 60.3 Å². The Bertz CT molecular complexity index is 1250. The van der Waals surface area contributed by atoms with Gasteiger partial charge in [-0.05, 0) is 58.6 Å². The van der Waals surface area contributed by atoms with Crippen LogP contribution in [0.15, 0.2) is 84.0 Å². The second kappa shape index (κ2) is 9.32. The van der Waals surface area contributed by atoms with Crippen molar-refractivity contribution in [2.24, 2.45) is 5.10 Å². The number of ether oxygens (including phenoxy) is 1. The lowest BCUT2D eigenvalue weighted by atomic mass is 9.87. The van der Waals surface area contributed by atoms with Crippen LogP contribution < -0.4 is 4.74 Å². The van der Waals surface area contributed by atoms with E-state index in [9.17, 15) is 0 Å². The van der Waals surface area contributed by atoms with Crippen LogP contribution in [0.5, 0.6) is 5.75 Å². The second-order valence-corrected chi connectivity index (χ2v) is 8.97. The van der Waals surface area contributed by atoms with E-state index in [1.54, 1.807) is 10.9 Å². The third kappa shape index (κ3) is 5.21. The van der Waals surface area contributed by atoms with Gasteiger partial charge in [-0.2, -0.15) is 14.9 Å². The predicted octanol–water partition coefficient (Wildman–Crippen LogP) is 6.37. The number of nitrogens with zero attached hydrogens (tertiary/aromatic N) is 3. The molecule has 4 aromatic rings. The molecule has 0 saturated heterocycles. The summed E-state index contributed by atoms with van der Waals surface area (Å²) in [7, 11) is 0. The van der Waals surface area contributed by atoms with E-state index < -0.39 is 0 Å². The highest BCUT2D eigenvalue weighted by Gasteiger charge is 2.14. The van der Waals surface area contributed by atoms with E-state index in [1.165, 1.54) is 5.56 Å². The minimum Gasteiger partial charge on any atom is -0.489 e. The molecule has 3 aromatic carbocycles. The molecule has 1 N–H and O–H groups in total. The Morgan fingerprint density at radius 1 is 0.969 bits per heavy atom. The zero-order valence-electron chi connectivity index (χ0n) is 18.4. The van der Waals surface area contributed by atoms with Gasteiger partial charge in [-0.1, -0.05) is 75.4 Å². The molecule has 1 aromatic heterocycles. The minimum absolute atomic E-state index is 0.0956. The van der Waals surface area contributed by atoms with Crippen LogP contribution in [0.4, 0.5) is 0 Å². The van der Waals surface area contributed by atoms with Crippen molar-refractivity contribution in [1.82, 2.24) is 14.9 Å². The maximum Gasteiger partial charge on any atom is 0.216 e. The average molecular weight is 443 g/mol. The number of aromatic amines is 1. The molecule has 0 radical (unpaired) electrons. The van der Waals surface area contributed by atoms with Gasteiger partial charge in [-0.25, -0.2) is 5.10 Å². The van der Waals surface area contributed by atoms with Crippen LogP contribution in [0, 0.1) is 4.77 Å². The third-order valence-corrected chi connectivity index (χ3v) is 5.37. The van der Waals surface area contributed by atoms with E-state index in [-0.39, 0.29) is 5.41 Å². The topological polar surface area (TPSA) is 55.2 Å². The van der Waals surface area contributed by atoms with Crippen molar-refractivity contribution < 1.29 is 4.74 Å². The Balaban J connectivity index is 1.48. The van der Waals surface area contributed by atoms with Crippen LogP contribution in [-0.4, -0.2) is 21.1 Å². The molecular formula is C26H26N4OS. The number of H-pyrrole nitrogens is 1. The zero-order valence-corrected chi connectivity index (χ0v) is 19.3. The molecule has 1 heterocycles. The van der Waals surface area contributed by atoms with Crippen LogP contribution in [0.1, 0.15) is 37.5 Å². The predicted molar refractivity (Wildman–Crippen MR) is 132 cm³/mol. The van der Waals surface area contributed by atoms with Gasteiger partial charge in [0.15, 0.2) is 5.82 Å². The van der Waals surface area contributed by atoms with Crippen LogP contribution in [0.2, 0.25) is 0 Å². The maximum absolute atomic E-state index is 5.85. The van der Waals surface area contributed by atoms with Crippen LogP contribution in [0.3, 0.4) is 0 Å². The molecule has 0 unspecified atom stereocenters. The van der Waals surface area contributed by atoms with Crippen molar-refractivity contribution in [3.8, 4) is 17.1 Å². The largest absolute Gasteiger partial charge is 0.489 e. The normalized spacial score (nSPS) is 11.7. The summed E-state index contributed by atoms with van der Waals surface area (Å²) in [5.74, 6) is 1.49. The van der Waals surface area contributed by atoms with Gasteiger partial charge in [-0.15, -0.1) is 0 Å². The first-order chi connectivity index (χ1) is 15.4. The first kappa shape index (κ1) is 21.7. The molecule has 0 atom stereocenters. The molecule has 0 aliphatic carbocycles. The lowest BCUT2D eigenvalue weighted by Gasteiger charge is -2.18. The van der Waals surface area contributed by atoms with E-state index >= 15 is 0 Å². The highest BCUT2D eigenvalue weighted by atomic mass is 32.1. The molecule has 4 rings (SSSR count). The van der Waals surface area contributed by atoms with Gasteiger partial charge in [0.2, 0.25) is 4.77 Å². The van der Waals surface area contributed by atoms with Crippen molar-refractivity contribution in [2.45, 2.75) is 32.8 Å². The summed E-state index contributed by atoms with van der Waals surface area (Å²) in [5, 5.41) is 11.8. The highest BCUT2D eigenvalue weighted by Crippen LogP contribution is 2.25. The van der Waals surface area contributed by atoms with Crippen LogP contribution in [-0.2, 0) is 12.0 Å². The van der Waals surface area contributed by atoms with Crippen LogP contribution in [0.25, 0.3) is 11.4 Å². The maximum atomic E-state index is 5.85. The number of rotatable bonds is 6. The lowest BCUT2D eigenvalue weighted by molar-refractivity contribution is 0.306. The molecule has 162 valence electrons. The number of nitrogens with one attached hydrogen (secondary N) is 1. The number of aromatic nitrogens is 3. The molecule has 32 heavy (non-hydrogen) atoms. The summed E-state index contributed by atoms with van der Waals surface area (Å²) in [6.45, 7) is 7.12. The van der Waals surface area contributed by atoms with E-state index in [0.717, 1.165) is 22.4 Å². The summed E-state index contributed by atoms with van der Waals surface area (Å²) in [6, 6.07) is 26.2. The van der Waals surface area contributed by atoms with Gasteiger partial charge >= 0.3 is 0 Å². The van der Waals surface area contributed by atoms with Gasteiger partial charge in [-0.3, -0.25) is 0 Å². The smallest absolute Gasteiger partial charge is 0.216 e. The van der Waals surface area contributed by atoms with Crippen molar-refractivity contribution in [1.29, 1.82) is 0 Å². The van der Waals surface area contributed by atoms with Gasteiger partial charge in [0.25, 0.3) is 0 Å². The highest BCUT2D eigenvalue weighted by molar-refractivity contribution is 7.71. The Kier molecular flexibility index (Phi) is 6.32. The Morgan fingerprint density at radius 2 is 1.66 bits per heavy atom. The quantitative estimate of drug-likeness (QED) is 0.279. The van der Waals surface area contributed by atoms with Crippen LogP contribution >= 0.6 is 12.2 Å². The fourth-order valence-electron chi connectivity index (χ4n) is 3.22. The zero-order chi connectivity index (χ0) is 22.6. The molecule has 0 aliphatic heterocycles. The fraction of sp³-hybridized carbons (Fsp3) is 0.192. The number of hydrogen-bond acceptors (Lipinski definition) is 4. The summed E-state index contributed by atoms with van der Waals surface area (Å²) in [4.78, 5) is 0. The molecule has 0 fully saturated rings. The van der Waals surface area contributed by atoms with Crippen molar-refractivity contribution in [3.63, 3.8) is 0 Å². The molecule has 0 bridgehead atoms. The Hall–Kier alpha value is -3.51. The molecule has 5 nitrogen and oxygen atoms in total. The Morgan fingerprint density at radius 3 is 2.31 bits per heavy atom. The van der Waals surface area contributed by atoms with E-state index in [0.29, 0.717) is 17.2 Å². The van der Waals surface area contributed by atoms with E-state index in [1.807, 2.05) is 54.6 Å². The van der Waals surface area contributed by atoms with Crippen molar-refractivity contribution in [3.05, 3.63) is 100 Å². The molecule has 0 aliphatic rings. The van der Waals surface area contributed by atoms with Gasteiger partial charge in [0.1, 0.15) is 12.4 Å². The standard InChI is InChI=1S/C26H26N4OS/c1-26(2,3)22-13-11-21(12-14-22)24-28-29-25(32)30(24)27-17-19-9-15-23(16-10-19)31-18-20-7-5-4-6-8-20/h4-17H,18H2,1-3H3,(H,29,32)/b27-17+. The summed E-state index contributed by atoms with van der Waals surface area (Å²) in [6.07, 6.45) is 1.76.